The number of benzene rings is 2. The minimum absolute atomic E-state index is 0.388. The van der Waals surface area contributed by atoms with Gasteiger partial charge in [-0.25, -0.2) is 24.7 Å². The third-order valence-electron chi connectivity index (χ3n) is 6.08. The molecule has 1 N–H and O–H groups in total. The Morgan fingerprint density at radius 3 is 1.82 bits per heavy atom. The maximum absolute atomic E-state index is 11.5. The summed E-state index contributed by atoms with van der Waals surface area (Å²) in [6.07, 6.45) is 6.61. The summed E-state index contributed by atoms with van der Waals surface area (Å²) in [5.41, 5.74) is 5.04. The zero-order chi connectivity index (χ0) is 28.4. The summed E-state index contributed by atoms with van der Waals surface area (Å²) in [6.45, 7) is 3.47. The predicted molar refractivity (Wildman–Crippen MR) is 160 cm³/mol. The van der Waals surface area contributed by atoms with E-state index in [1.54, 1.807) is 38.8 Å². The summed E-state index contributed by atoms with van der Waals surface area (Å²) in [5.74, 6) is -0.420. The van der Waals surface area contributed by atoms with Crippen LogP contribution in [-0.4, -0.2) is 47.3 Å². The van der Waals surface area contributed by atoms with E-state index >= 15 is 0 Å². The van der Waals surface area contributed by atoms with Gasteiger partial charge in [0.1, 0.15) is 23.7 Å². The molecule has 0 spiro atoms. The highest BCUT2D eigenvalue weighted by Gasteiger charge is 2.18. The highest BCUT2D eigenvalue weighted by molar-refractivity contribution is 9.10. The van der Waals surface area contributed by atoms with Crippen LogP contribution in [0.4, 0.5) is 0 Å². The molecule has 202 valence electrons. The van der Waals surface area contributed by atoms with E-state index in [9.17, 15) is 9.90 Å². The van der Waals surface area contributed by atoms with Gasteiger partial charge in [0.25, 0.3) is 0 Å². The molecule has 0 fully saturated rings. The topological polar surface area (TPSA) is 108 Å². The number of pyridine rings is 2. The fourth-order valence-electron chi connectivity index (χ4n) is 4.00. The van der Waals surface area contributed by atoms with Gasteiger partial charge in [-0.2, -0.15) is 0 Å². The molecule has 4 aromatic heterocycles. The fourth-order valence-corrected chi connectivity index (χ4v) is 4.77. The smallest absolute Gasteiger partial charge is 0.339 e. The Bertz CT molecular complexity index is 1840. The average molecular weight is 664 g/mol. The van der Waals surface area contributed by atoms with Gasteiger partial charge in [-0.15, -0.1) is 0 Å². The predicted octanol–water partition coefficient (Wildman–Crippen LogP) is 6.38. The summed E-state index contributed by atoms with van der Waals surface area (Å²) in [7, 11) is 1.34. The number of hydrogen-bond acceptors (Lipinski definition) is 7. The highest BCUT2D eigenvalue weighted by Crippen LogP contribution is 2.25. The summed E-state index contributed by atoms with van der Waals surface area (Å²) in [6, 6.07) is 19.3. The standard InChI is InChI=1S/C15H14BrN3O.C14H10BrN3O2/c1-15(2,20)10-6-13-14(17-8-10)19(9-18-13)12-5-3-4-11(16)7-12;1-20-14(19)9-5-12-13(16-7-9)18(8-17-12)11-4-2-3-10(15)6-11/h3-9,20H,1-2H3;2-8H,1H3. The monoisotopic (exact) mass is 662 g/mol. The number of rotatable bonds is 4. The van der Waals surface area contributed by atoms with E-state index in [2.05, 4.69) is 56.5 Å². The largest absolute Gasteiger partial charge is 0.465 e. The van der Waals surface area contributed by atoms with Crippen LogP contribution in [0.5, 0.6) is 0 Å². The first-order chi connectivity index (χ1) is 19.1. The van der Waals surface area contributed by atoms with Crippen LogP contribution in [0.15, 0.2) is 94.7 Å². The van der Waals surface area contributed by atoms with Crippen LogP contribution < -0.4 is 0 Å². The van der Waals surface area contributed by atoms with Crippen molar-refractivity contribution in [3.8, 4) is 11.4 Å². The molecule has 0 unspecified atom stereocenters. The van der Waals surface area contributed by atoms with Crippen molar-refractivity contribution in [2.75, 3.05) is 7.11 Å². The average Bonchev–Trinajstić information content (AvgIpc) is 3.56. The van der Waals surface area contributed by atoms with Gasteiger partial charge in [0.15, 0.2) is 11.3 Å². The van der Waals surface area contributed by atoms with E-state index in [1.807, 2.05) is 63.7 Å². The molecule has 0 bridgehead atoms. The molecule has 4 heterocycles. The molecule has 2 aromatic carbocycles. The van der Waals surface area contributed by atoms with Gasteiger partial charge in [0.05, 0.1) is 18.3 Å². The summed E-state index contributed by atoms with van der Waals surface area (Å²) in [4.78, 5) is 28.9. The van der Waals surface area contributed by atoms with Gasteiger partial charge in [-0.05, 0) is 62.4 Å². The van der Waals surface area contributed by atoms with Crippen LogP contribution in [0, 0.1) is 0 Å². The SMILES string of the molecule is CC(C)(O)c1cnc2c(c1)ncn2-c1cccc(Br)c1.COC(=O)c1cnc2c(c1)ncn2-c1cccc(Br)c1. The van der Waals surface area contributed by atoms with Crippen LogP contribution in [0.25, 0.3) is 33.7 Å². The number of nitrogens with zero attached hydrogens (tertiary/aromatic N) is 6. The number of methoxy groups -OCH3 is 1. The summed E-state index contributed by atoms with van der Waals surface area (Å²) >= 11 is 6.90. The Kier molecular flexibility index (Phi) is 7.79. The normalized spacial score (nSPS) is 11.3. The van der Waals surface area contributed by atoms with Crippen LogP contribution in [-0.2, 0) is 10.3 Å². The van der Waals surface area contributed by atoms with Gasteiger partial charge in [-0.1, -0.05) is 44.0 Å². The van der Waals surface area contributed by atoms with Crippen molar-refractivity contribution < 1.29 is 14.6 Å². The third-order valence-corrected chi connectivity index (χ3v) is 7.06. The van der Waals surface area contributed by atoms with Gasteiger partial charge < -0.3 is 9.84 Å². The second-order valence-corrected chi connectivity index (χ2v) is 11.2. The Morgan fingerprint density at radius 2 is 1.32 bits per heavy atom. The lowest BCUT2D eigenvalue weighted by molar-refractivity contribution is 0.0600. The number of halogens is 2. The fraction of sp³-hybridized carbons (Fsp3) is 0.138. The highest BCUT2D eigenvalue weighted by atomic mass is 79.9. The molecule has 0 aliphatic heterocycles. The maximum Gasteiger partial charge on any atom is 0.339 e. The molecule has 6 rings (SSSR count). The number of carbonyl (C=O) groups is 1. The quantitative estimate of drug-likeness (QED) is 0.218. The van der Waals surface area contributed by atoms with Crippen molar-refractivity contribution in [1.29, 1.82) is 0 Å². The summed E-state index contributed by atoms with van der Waals surface area (Å²) < 4.78 is 10.4. The molecule has 0 atom stereocenters. The number of hydrogen-bond donors (Lipinski definition) is 1. The van der Waals surface area contributed by atoms with Crippen LogP contribution >= 0.6 is 31.9 Å². The second kappa shape index (κ2) is 11.3. The molecule has 0 saturated carbocycles. The first kappa shape index (κ1) is 27.6. The lowest BCUT2D eigenvalue weighted by Crippen LogP contribution is -2.15. The molecular formula is C29H24Br2N6O3. The minimum atomic E-state index is -0.916. The van der Waals surface area contributed by atoms with E-state index in [0.29, 0.717) is 16.7 Å². The number of imidazole rings is 2. The molecule has 0 saturated heterocycles. The molecule has 0 radical (unpaired) electrons. The van der Waals surface area contributed by atoms with Crippen molar-refractivity contribution in [3.05, 3.63) is 106 Å². The van der Waals surface area contributed by atoms with Crippen molar-refractivity contribution in [2.24, 2.45) is 0 Å². The van der Waals surface area contributed by atoms with E-state index in [4.69, 9.17) is 0 Å². The summed E-state index contributed by atoms with van der Waals surface area (Å²) in [5, 5.41) is 10.0. The molecule has 0 aliphatic rings. The lowest BCUT2D eigenvalue weighted by Gasteiger charge is -2.16. The Hall–Kier alpha value is -3.93. The van der Waals surface area contributed by atoms with E-state index in [0.717, 1.165) is 37.0 Å². The number of ether oxygens (including phenoxy) is 1. The van der Waals surface area contributed by atoms with Gasteiger partial charge in [-0.3, -0.25) is 9.13 Å². The third kappa shape index (κ3) is 5.81. The van der Waals surface area contributed by atoms with Crippen molar-refractivity contribution in [2.45, 2.75) is 19.4 Å². The first-order valence-corrected chi connectivity index (χ1v) is 13.7. The van der Waals surface area contributed by atoms with E-state index in [-0.39, 0.29) is 0 Å². The van der Waals surface area contributed by atoms with Gasteiger partial charge >= 0.3 is 5.97 Å². The Morgan fingerprint density at radius 1 is 0.800 bits per heavy atom. The second-order valence-electron chi connectivity index (χ2n) is 9.37. The first-order valence-electron chi connectivity index (χ1n) is 12.1. The van der Waals surface area contributed by atoms with E-state index in [1.165, 1.54) is 13.3 Å². The molecule has 0 amide bonds. The van der Waals surface area contributed by atoms with Crippen molar-refractivity contribution >= 4 is 60.2 Å². The molecule has 40 heavy (non-hydrogen) atoms. The number of fused-ring (bicyclic) bond motifs is 2. The number of esters is 1. The number of aliphatic hydroxyl groups is 1. The number of aromatic nitrogens is 6. The van der Waals surface area contributed by atoms with Crippen LogP contribution in [0.2, 0.25) is 0 Å². The minimum Gasteiger partial charge on any atom is -0.465 e. The van der Waals surface area contributed by atoms with Gasteiger partial charge in [0.2, 0.25) is 0 Å². The molecule has 11 heteroatoms. The van der Waals surface area contributed by atoms with Crippen LogP contribution in [0.3, 0.4) is 0 Å². The lowest BCUT2D eigenvalue weighted by atomic mass is 10.0. The van der Waals surface area contributed by atoms with Crippen molar-refractivity contribution in [1.82, 2.24) is 29.1 Å². The van der Waals surface area contributed by atoms with Gasteiger partial charge in [0, 0.05) is 38.3 Å². The maximum atomic E-state index is 11.5. The Balaban J connectivity index is 0.000000161. The molecule has 6 aromatic rings. The zero-order valence-electron chi connectivity index (χ0n) is 21.8. The molecule has 9 nitrogen and oxygen atoms in total. The zero-order valence-corrected chi connectivity index (χ0v) is 25.0. The number of carbonyl (C=O) groups excluding carboxylic acids is 1. The van der Waals surface area contributed by atoms with Crippen molar-refractivity contribution in [3.63, 3.8) is 0 Å². The molecule has 0 aliphatic carbocycles. The van der Waals surface area contributed by atoms with Crippen LogP contribution in [0.1, 0.15) is 29.8 Å². The Labute approximate surface area is 246 Å². The van der Waals surface area contributed by atoms with E-state index < -0.39 is 11.6 Å². The molecular weight excluding hydrogens is 640 g/mol.